The molecule has 3 N–H and O–H groups in total. The highest BCUT2D eigenvalue weighted by molar-refractivity contribution is 5.77. The second-order valence-corrected chi connectivity index (χ2v) is 5.09. The summed E-state index contributed by atoms with van der Waals surface area (Å²) in [7, 11) is 0. The number of nitrogens with zero attached hydrogens (tertiary/aromatic N) is 2. The van der Waals surface area contributed by atoms with Gasteiger partial charge in [-0.15, -0.1) is 0 Å². The number of hydrogen-bond donors (Lipinski definition) is 3. The molecule has 7 nitrogen and oxygen atoms in total. The zero-order valence-electron chi connectivity index (χ0n) is 14.0. The smallest absolute Gasteiger partial charge is 0.258 e. The molecule has 0 aliphatic carbocycles. The summed E-state index contributed by atoms with van der Waals surface area (Å²) in [6.45, 7) is 5.70. The normalized spacial score (nSPS) is 10.1. The van der Waals surface area contributed by atoms with Crippen LogP contribution in [0.2, 0.25) is 0 Å². The number of aryl methyl sites for hydroxylation is 1. The zero-order valence-corrected chi connectivity index (χ0v) is 14.0. The summed E-state index contributed by atoms with van der Waals surface area (Å²) in [6.07, 6.45) is 0. The fourth-order valence-electron chi connectivity index (χ4n) is 2.04. The van der Waals surface area contributed by atoms with Gasteiger partial charge in [0.25, 0.3) is 5.91 Å². The van der Waals surface area contributed by atoms with E-state index < -0.39 is 0 Å². The highest BCUT2D eigenvalue weighted by Crippen LogP contribution is 2.10. The Hall–Kier alpha value is -2.83. The SMILES string of the molecule is CCNc1cc(NCCNC(=O)COc2ccccc2)nc(C)n1. The van der Waals surface area contributed by atoms with Gasteiger partial charge in [-0.1, -0.05) is 18.2 Å². The molecule has 0 aliphatic heterocycles. The van der Waals surface area contributed by atoms with Crippen molar-refractivity contribution in [2.75, 3.05) is 36.9 Å². The molecule has 1 amide bonds. The predicted molar refractivity (Wildman–Crippen MR) is 94.4 cm³/mol. The number of nitrogens with one attached hydrogen (secondary N) is 3. The molecule has 0 bridgehead atoms. The summed E-state index contributed by atoms with van der Waals surface area (Å²) < 4.78 is 5.38. The minimum Gasteiger partial charge on any atom is -0.484 e. The highest BCUT2D eigenvalue weighted by atomic mass is 16.5. The maximum atomic E-state index is 11.7. The fraction of sp³-hybridized carbons (Fsp3) is 0.353. The average molecular weight is 329 g/mol. The third kappa shape index (κ3) is 6.12. The molecule has 1 heterocycles. The summed E-state index contributed by atoms with van der Waals surface area (Å²) in [4.78, 5) is 20.3. The van der Waals surface area contributed by atoms with E-state index in [1.165, 1.54) is 0 Å². The number of aromatic nitrogens is 2. The van der Waals surface area contributed by atoms with E-state index in [0.717, 1.165) is 18.2 Å². The van der Waals surface area contributed by atoms with Gasteiger partial charge in [-0.3, -0.25) is 4.79 Å². The van der Waals surface area contributed by atoms with Gasteiger partial charge in [-0.25, -0.2) is 9.97 Å². The Labute approximate surface area is 141 Å². The number of rotatable bonds is 9. The number of benzene rings is 1. The van der Waals surface area contributed by atoms with Crippen molar-refractivity contribution in [3.8, 4) is 5.75 Å². The van der Waals surface area contributed by atoms with E-state index in [4.69, 9.17) is 4.74 Å². The summed E-state index contributed by atoms with van der Waals surface area (Å²) in [5.41, 5.74) is 0. The highest BCUT2D eigenvalue weighted by Gasteiger charge is 2.03. The van der Waals surface area contributed by atoms with Crippen LogP contribution in [0.3, 0.4) is 0 Å². The number of carbonyl (C=O) groups is 1. The van der Waals surface area contributed by atoms with Crippen LogP contribution in [-0.2, 0) is 4.79 Å². The van der Waals surface area contributed by atoms with Crippen molar-refractivity contribution in [1.82, 2.24) is 15.3 Å². The van der Waals surface area contributed by atoms with Gasteiger partial charge in [0.1, 0.15) is 23.2 Å². The van der Waals surface area contributed by atoms with E-state index in [0.29, 0.717) is 24.7 Å². The lowest BCUT2D eigenvalue weighted by Crippen LogP contribution is -2.32. The summed E-state index contributed by atoms with van der Waals surface area (Å²) in [5.74, 6) is 2.73. The van der Waals surface area contributed by atoms with E-state index >= 15 is 0 Å². The molecule has 0 saturated carbocycles. The van der Waals surface area contributed by atoms with Crippen molar-refractivity contribution in [2.24, 2.45) is 0 Å². The Morgan fingerprint density at radius 2 is 1.79 bits per heavy atom. The Balaban J connectivity index is 1.68. The molecule has 0 atom stereocenters. The van der Waals surface area contributed by atoms with Gasteiger partial charge in [0.2, 0.25) is 0 Å². The molecule has 2 aromatic rings. The summed E-state index contributed by atoms with van der Waals surface area (Å²) >= 11 is 0. The largest absolute Gasteiger partial charge is 0.484 e. The van der Waals surface area contributed by atoms with Crippen LogP contribution in [0.15, 0.2) is 36.4 Å². The van der Waals surface area contributed by atoms with E-state index in [9.17, 15) is 4.79 Å². The predicted octanol–water partition coefficient (Wildman–Crippen LogP) is 1.82. The van der Waals surface area contributed by atoms with Crippen molar-refractivity contribution >= 4 is 17.5 Å². The first-order valence-corrected chi connectivity index (χ1v) is 7.95. The monoisotopic (exact) mass is 329 g/mol. The molecule has 0 spiro atoms. The van der Waals surface area contributed by atoms with Crippen LogP contribution in [0.4, 0.5) is 11.6 Å². The molecule has 0 fully saturated rings. The number of para-hydroxylation sites is 1. The third-order valence-electron chi connectivity index (χ3n) is 3.06. The van der Waals surface area contributed by atoms with Crippen LogP contribution in [-0.4, -0.2) is 42.1 Å². The van der Waals surface area contributed by atoms with Crippen LogP contribution in [0.1, 0.15) is 12.7 Å². The van der Waals surface area contributed by atoms with E-state index in [-0.39, 0.29) is 12.5 Å². The Kier molecular flexibility index (Phi) is 6.82. The van der Waals surface area contributed by atoms with E-state index in [1.54, 1.807) is 0 Å². The number of hydrogen-bond acceptors (Lipinski definition) is 6. The van der Waals surface area contributed by atoms with Crippen LogP contribution in [0.25, 0.3) is 0 Å². The lowest BCUT2D eigenvalue weighted by atomic mass is 10.3. The molecule has 0 unspecified atom stereocenters. The number of amides is 1. The van der Waals surface area contributed by atoms with Crippen molar-refractivity contribution in [3.63, 3.8) is 0 Å². The van der Waals surface area contributed by atoms with Crippen molar-refractivity contribution < 1.29 is 9.53 Å². The molecule has 0 saturated heterocycles. The molecule has 7 heteroatoms. The van der Waals surface area contributed by atoms with Gasteiger partial charge in [-0.2, -0.15) is 0 Å². The summed E-state index contributed by atoms with van der Waals surface area (Å²) in [6, 6.07) is 11.1. The van der Waals surface area contributed by atoms with Gasteiger partial charge in [-0.05, 0) is 26.0 Å². The first-order chi connectivity index (χ1) is 11.7. The number of carbonyl (C=O) groups excluding carboxylic acids is 1. The Bertz CT molecular complexity index is 649. The molecular weight excluding hydrogens is 306 g/mol. The average Bonchev–Trinajstić information content (AvgIpc) is 2.58. The van der Waals surface area contributed by atoms with Crippen molar-refractivity contribution in [3.05, 3.63) is 42.2 Å². The van der Waals surface area contributed by atoms with Crippen molar-refractivity contribution in [1.29, 1.82) is 0 Å². The van der Waals surface area contributed by atoms with E-state index in [2.05, 4.69) is 25.9 Å². The minimum atomic E-state index is -0.159. The Morgan fingerprint density at radius 1 is 1.08 bits per heavy atom. The topological polar surface area (TPSA) is 88.2 Å². The van der Waals surface area contributed by atoms with Gasteiger partial charge in [0.05, 0.1) is 0 Å². The van der Waals surface area contributed by atoms with Crippen LogP contribution in [0, 0.1) is 6.92 Å². The molecule has 128 valence electrons. The zero-order chi connectivity index (χ0) is 17.2. The first kappa shape index (κ1) is 17.5. The van der Waals surface area contributed by atoms with Crippen LogP contribution < -0.4 is 20.7 Å². The van der Waals surface area contributed by atoms with Gasteiger partial charge in [0.15, 0.2) is 6.61 Å². The van der Waals surface area contributed by atoms with Crippen molar-refractivity contribution in [2.45, 2.75) is 13.8 Å². The lowest BCUT2D eigenvalue weighted by Gasteiger charge is -2.10. The van der Waals surface area contributed by atoms with E-state index in [1.807, 2.05) is 50.2 Å². The van der Waals surface area contributed by atoms with Gasteiger partial charge < -0.3 is 20.7 Å². The third-order valence-corrected chi connectivity index (χ3v) is 3.06. The van der Waals surface area contributed by atoms with Gasteiger partial charge >= 0.3 is 0 Å². The van der Waals surface area contributed by atoms with Gasteiger partial charge in [0, 0.05) is 25.7 Å². The minimum absolute atomic E-state index is 0.00119. The molecule has 1 aromatic heterocycles. The molecular formula is C17H23N5O2. The second-order valence-electron chi connectivity index (χ2n) is 5.09. The first-order valence-electron chi connectivity index (χ1n) is 7.95. The standard InChI is InChI=1S/C17H23N5O2/c1-3-18-15-11-16(22-13(2)21-15)19-9-10-20-17(23)12-24-14-7-5-4-6-8-14/h4-8,11H,3,9-10,12H2,1-2H3,(H,20,23)(H2,18,19,21,22). The van der Waals surface area contributed by atoms with Crippen LogP contribution >= 0.6 is 0 Å². The van der Waals surface area contributed by atoms with Crippen LogP contribution in [0.5, 0.6) is 5.75 Å². The number of anilines is 2. The second kappa shape index (κ2) is 9.34. The fourth-order valence-corrected chi connectivity index (χ4v) is 2.04. The molecule has 1 aromatic carbocycles. The Morgan fingerprint density at radius 3 is 2.50 bits per heavy atom. The lowest BCUT2D eigenvalue weighted by molar-refractivity contribution is -0.123. The molecule has 0 aliphatic rings. The molecule has 0 radical (unpaired) electrons. The molecule has 2 rings (SSSR count). The quantitative estimate of drug-likeness (QED) is 0.608. The maximum absolute atomic E-state index is 11.7. The summed E-state index contributed by atoms with van der Waals surface area (Å²) in [5, 5.41) is 9.11. The number of ether oxygens (including phenoxy) is 1. The molecule has 24 heavy (non-hydrogen) atoms. The maximum Gasteiger partial charge on any atom is 0.258 e.